The van der Waals surface area contributed by atoms with E-state index in [1.54, 1.807) is 6.92 Å². The van der Waals surface area contributed by atoms with E-state index in [2.05, 4.69) is 33.9 Å². The summed E-state index contributed by atoms with van der Waals surface area (Å²) in [4.78, 5) is 20.5. The van der Waals surface area contributed by atoms with Gasteiger partial charge in [0.2, 0.25) is 5.82 Å². The van der Waals surface area contributed by atoms with Gasteiger partial charge in [0.15, 0.2) is 0 Å². The number of H-pyrrole nitrogens is 1. The molecule has 2 heterocycles. The van der Waals surface area contributed by atoms with E-state index in [0.717, 1.165) is 32.6 Å². The van der Waals surface area contributed by atoms with Gasteiger partial charge in [-0.1, -0.05) is 13.8 Å². The molecule has 6 heteroatoms. The highest BCUT2D eigenvalue weighted by atomic mass is 16.2. The van der Waals surface area contributed by atoms with E-state index in [4.69, 9.17) is 0 Å². The Kier molecular flexibility index (Phi) is 3.96. The summed E-state index contributed by atoms with van der Waals surface area (Å²) in [5, 5.41) is 6.64. The first-order valence-electron chi connectivity index (χ1n) is 6.58. The minimum absolute atomic E-state index is 0.0611. The van der Waals surface area contributed by atoms with Crippen molar-refractivity contribution in [2.75, 3.05) is 26.2 Å². The lowest BCUT2D eigenvalue weighted by molar-refractivity contribution is 0.0766. The molecule has 6 nitrogen and oxygen atoms in total. The first-order valence-corrected chi connectivity index (χ1v) is 6.58. The summed E-state index contributed by atoms with van der Waals surface area (Å²) in [5.74, 6) is 0.902. The molecule has 1 aromatic rings. The molecule has 1 aliphatic rings. The number of hydrogen-bond donors (Lipinski definition) is 1. The smallest absolute Gasteiger partial charge is 0.293 e. The molecule has 1 amide bonds. The van der Waals surface area contributed by atoms with Crippen molar-refractivity contribution >= 4 is 5.91 Å². The van der Waals surface area contributed by atoms with Gasteiger partial charge < -0.3 is 4.90 Å². The Morgan fingerprint density at radius 3 is 2.78 bits per heavy atom. The maximum Gasteiger partial charge on any atom is 0.293 e. The monoisotopic (exact) mass is 251 g/mol. The molecule has 0 bridgehead atoms. The highest BCUT2D eigenvalue weighted by Gasteiger charge is 2.31. The summed E-state index contributed by atoms with van der Waals surface area (Å²) < 4.78 is 0. The van der Waals surface area contributed by atoms with Crippen LogP contribution in [0.4, 0.5) is 0 Å². The van der Waals surface area contributed by atoms with E-state index >= 15 is 0 Å². The zero-order valence-electron chi connectivity index (χ0n) is 11.3. The predicted molar refractivity (Wildman–Crippen MR) is 68.3 cm³/mol. The Balaban J connectivity index is 1.98. The highest BCUT2D eigenvalue weighted by molar-refractivity contribution is 5.90. The van der Waals surface area contributed by atoms with Gasteiger partial charge in [-0.2, -0.15) is 0 Å². The lowest BCUT2D eigenvalue weighted by atomic mass is 10.2. The van der Waals surface area contributed by atoms with E-state index in [9.17, 15) is 4.79 Å². The molecular weight excluding hydrogens is 230 g/mol. The molecule has 1 aliphatic heterocycles. The molecule has 1 saturated heterocycles. The molecule has 1 N–H and O–H groups in total. The minimum Gasteiger partial charge on any atom is -0.334 e. The van der Waals surface area contributed by atoms with Crippen LogP contribution in [0.25, 0.3) is 0 Å². The Labute approximate surface area is 107 Å². The Hall–Kier alpha value is -1.43. The first-order chi connectivity index (χ1) is 8.65. The number of aryl methyl sites for hydroxylation is 1. The van der Waals surface area contributed by atoms with Crippen molar-refractivity contribution in [3.05, 3.63) is 11.6 Å². The number of amides is 1. The quantitative estimate of drug-likeness (QED) is 0.854. The van der Waals surface area contributed by atoms with Gasteiger partial charge >= 0.3 is 0 Å². The highest BCUT2D eigenvalue weighted by Crippen LogP contribution is 2.16. The lowest BCUT2D eigenvalue weighted by Crippen LogP contribution is -2.38. The van der Waals surface area contributed by atoms with Gasteiger partial charge in [-0.05, 0) is 26.4 Å². The van der Waals surface area contributed by atoms with Crippen molar-refractivity contribution in [3.8, 4) is 0 Å². The van der Waals surface area contributed by atoms with Gasteiger partial charge in [-0.15, -0.1) is 5.10 Å². The fourth-order valence-corrected chi connectivity index (χ4v) is 2.54. The van der Waals surface area contributed by atoms with E-state index in [1.807, 2.05) is 4.90 Å². The topological polar surface area (TPSA) is 65.1 Å². The van der Waals surface area contributed by atoms with Gasteiger partial charge in [0, 0.05) is 19.1 Å². The van der Waals surface area contributed by atoms with E-state index < -0.39 is 0 Å². The number of hydrogen-bond acceptors (Lipinski definition) is 4. The fourth-order valence-electron chi connectivity index (χ4n) is 2.54. The first kappa shape index (κ1) is 13.0. The van der Waals surface area contributed by atoms with Crippen LogP contribution in [0.3, 0.4) is 0 Å². The summed E-state index contributed by atoms with van der Waals surface area (Å²) in [5.41, 5.74) is 0. The molecule has 2 rings (SSSR count). The van der Waals surface area contributed by atoms with Gasteiger partial charge in [0.25, 0.3) is 5.91 Å². The third kappa shape index (κ3) is 2.53. The summed E-state index contributed by atoms with van der Waals surface area (Å²) in [6.07, 6.45) is 1.04. The number of carbonyl (C=O) groups excluding carboxylic acids is 1. The van der Waals surface area contributed by atoms with Crippen molar-refractivity contribution in [2.24, 2.45) is 0 Å². The van der Waals surface area contributed by atoms with E-state index in [0.29, 0.717) is 11.9 Å². The normalized spacial score (nSPS) is 19.8. The number of likely N-dealkylation sites (N-methyl/N-ethyl adjacent to an activating group) is 1. The number of nitrogens with one attached hydrogen (secondary N) is 1. The van der Waals surface area contributed by atoms with Crippen LogP contribution in [0.5, 0.6) is 0 Å². The number of likely N-dealkylation sites (tertiary alicyclic amines) is 1. The molecule has 0 aromatic carbocycles. The SMILES string of the molecule is CCN(CC)C1CCN(C(=O)c2n[nH]c(C)n2)C1. The molecule has 0 aliphatic carbocycles. The number of nitrogens with zero attached hydrogens (tertiary/aromatic N) is 4. The average molecular weight is 251 g/mol. The molecular formula is C12H21N5O. The van der Waals surface area contributed by atoms with Crippen LogP contribution in [-0.2, 0) is 0 Å². The van der Waals surface area contributed by atoms with Gasteiger partial charge in [0.1, 0.15) is 5.82 Å². The van der Waals surface area contributed by atoms with Crippen molar-refractivity contribution in [2.45, 2.75) is 33.2 Å². The summed E-state index contributed by atoms with van der Waals surface area (Å²) in [7, 11) is 0. The molecule has 1 fully saturated rings. The lowest BCUT2D eigenvalue weighted by Gasteiger charge is -2.25. The molecule has 0 spiro atoms. The van der Waals surface area contributed by atoms with Crippen LogP contribution in [0.1, 0.15) is 36.7 Å². The van der Waals surface area contributed by atoms with Gasteiger partial charge in [-0.3, -0.25) is 14.8 Å². The molecule has 18 heavy (non-hydrogen) atoms. The average Bonchev–Trinajstić information content (AvgIpc) is 2.99. The third-order valence-corrected chi connectivity index (χ3v) is 3.57. The molecule has 100 valence electrons. The van der Waals surface area contributed by atoms with Crippen LogP contribution in [0.2, 0.25) is 0 Å². The van der Waals surface area contributed by atoms with Crippen molar-refractivity contribution in [1.29, 1.82) is 0 Å². The fraction of sp³-hybridized carbons (Fsp3) is 0.750. The van der Waals surface area contributed by atoms with E-state index in [1.165, 1.54) is 0 Å². The summed E-state index contributed by atoms with van der Waals surface area (Å²) >= 11 is 0. The number of aromatic nitrogens is 3. The Morgan fingerprint density at radius 2 is 2.22 bits per heavy atom. The second-order valence-corrected chi connectivity index (χ2v) is 4.66. The Morgan fingerprint density at radius 1 is 1.50 bits per heavy atom. The van der Waals surface area contributed by atoms with Crippen molar-refractivity contribution in [1.82, 2.24) is 25.0 Å². The molecule has 1 atom stereocenters. The molecule has 1 aromatic heterocycles. The molecule has 0 radical (unpaired) electrons. The van der Waals surface area contributed by atoms with Crippen molar-refractivity contribution < 1.29 is 4.79 Å². The maximum absolute atomic E-state index is 12.2. The van der Waals surface area contributed by atoms with Crippen LogP contribution < -0.4 is 0 Å². The van der Waals surface area contributed by atoms with Crippen LogP contribution >= 0.6 is 0 Å². The molecule has 0 saturated carbocycles. The largest absolute Gasteiger partial charge is 0.334 e. The molecule has 1 unspecified atom stereocenters. The minimum atomic E-state index is -0.0611. The van der Waals surface area contributed by atoms with Gasteiger partial charge in [-0.25, -0.2) is 4.98 Å². The van der Waals surface area contributed by atoms with Gasteiger partial charge in [0.05, 0.1) is 0 Å². The number of aromatic amines is 1. The van der Waals surface area contributed by atoms with E-state index in [-0.39, 0.29) is 11.7 Å². The second-order valence-electron chi connectivity index (χ2n) is 4.66. The van der Waals surface area contributed by atoms with Crippen molar-refractivity contribution in [3.63, 3.8) is 0 Å². The zero-order valence-corrected chi connectivity index (χ0v) is 11.3. The zero-order chi connectivity index (χ0) is 13.1. The third-order valence-electron chi connectivity index (χ3n) is 3.57. The second kappa shape index (κ2) is 5.48. The van der Waals surface area contributed by atoms with Crippen LogP contribution in [0, 0.1) is 6.92 Å². The summed E-state index contributed by atoms with van der Waals surface area (Å²) in [6.45, 7) is 9.76. The standard InChI is InChI=1S/C12H21N5O/c1-4-16(5-2)10-6-7-17(8-10)12(18)11-13-9(3)14-15-11/h10H,4-8H2,1-3H3,(H,13,14,15). The number of carbonyl (C=O) groups is 1. The maximum atomic E-state index is 12.2. The summed E-state index contributed by atoms with van der Waals surface area (Å²) in [6, 6.07) is 0.476. The number of rotatable bonds is 4. The Bertz CT molecular complexity index is 412. The van der Waals surface area contributed by atoms with Crippen LogP contribution in [0.15, 0.2) is 0 Å². The van der Waals surface area contributed by atoms with Crippen LogP contribution in [-0.4, -0.2) is 63.1 Å². The predicted octanol–water partition coefficient (Wildman–Crippen LogP) is 0.669.